The van der Waals surface area contributed by atoms with Crippen LogP contribution in [-0.4, -0.2) is 17.6 Å². The van der Waals surface area contributed by atoms with Crippen LogP contribution in [0, 0.1) is 10.1 Å². The summed E-state index contributed by atoms with van der Waals surface area (Å²) < 4.78 is 5.01. The number of hydrogen-bond donors (Lipinski definition) is 1. The van der Waals surface area contributed by atoms with Crippen LogP contribution in [0.15, 0.2) is 18.2 Å². The summed E-state index contributed by atoms with van der Waals surface area (Å²) in [6.45, 7) is 6.15. The summed E-state index contributed by atoms with van der Waals surface area (Å²) in [6, 6.07) is 4.84. The molecule has 18 heavy (non-hydrogen) atoms. The van der Waals surface area contributed by atoms with Gasteiger partial charge in [-0.2, -0.15) is 0 Å². The zero-order chi connectivity index (χ0) is 13.8. The van der Waals surface area contributed by atoms with Gasteiger partial charge >= 0.3 is 0 Å². The highest BCUT2D eigenvalue weighted by Crippen LogP contribution is 2.31. The fourth-order valence-electron chi connectivity index (χ4n) is 1.95. The zero-order valence-electron chi connectivity index (χ0n) is 11.3. The van der Waals surface area contributed by atoms with E-state index in [2.05, 4.69) is 12.2 Å². The van der Waals surface area contributed by atoms with Crippen molar-refractivity contribution in [2.75, 3.05) is 12.4 Å². The van der Waals surface area contributed by atoms with Crippen LogP contribution in [0.25, 0.3) is 0 Å². The summed E-state index contributed by atoms with van der Waals surface area (Å²) >= 11 is 0. The van der Waals surface area contributed by atoms with Gasteiger partial charge in [0.15, 0.2) is 0 Å². The summed E-state index contributed by atoms with van der Waals surface area (Å²) in [7, 11) is 1.49. The third-order valence-corrected chi connectivity index (χ3v) is 2.75. The third kappa shape index (κ3) is 3.61. The van der Waals surface area contributed by atoms with E-state index in [1.165, 1.54) is 13.2 Å². The van der Waals surface area contributed by atoms with E-state index in [-0.39, 0.29) is 11.2 Å². The predicted octanol–water partition coefficient (Wildman–Crippen LogP) is 3.59. The van der Waals surface area contributed by atoms with Crippen LogP contribution >= 0.6 is 0 Å². The van der Waals surface area contributed by atoms with Crippen molar-refractivity contribution in [1.29, 1.82) is 0 Å². The van der Waals surface area contributed by atoms with Gasteiger partial charge in [-0.25, -0.2) is 0 Å². The van der Waals surface area contributed by atoms with Crippen molar-refractivity contribution in [3.8, 4) is 5.75 Å². The molecule has 0 aliphatic heterocycles. The average Bonchev–Trinajstić information content (AvgIpc) is 2.28. The van der Waals surface area contributed by atoms with E-state index in [1.807, 2.05) is 13.8 Å². The van der Waals surface area contributed by atoms with Gasteiger partial charge in [-0.3, -0.25) is 10.1 Å². The second-order valence-electron chi connectivity index (χ2n) is 4.90. The van der Waals surface area contributed by atoms with Gasteiger partial charge < -0.3 is 10.1 Å². The number of anilines is 1. The van der Waals surface area contributed by atoms with E-state index in [1.54, 1.807) is 12.1 Å². The standard InChI is InChI=1S/C13H20N2O3/c1-5-8-13(2,3)14-11-7-6-10(18-4)9-12(11)15(16)17/h6-7,9,14H,5,8H2,1-4H3. The van der Waals surface area contributed by atoms with E-state index in [9.17, 15) is 10.1 Å². The Morgan fingerprint density at radius 2 is 2.11 bits per heavy atom. The Morgan fingerprint density at radius 3 is 2.61 bits per heavy atom. The summed E-state index contributed by atoms with van der Waals surface area (Å²) in [5.74, 6) is 0.487. The highest BCUT2D eigenvalue weighted by atomic mass is 16.6. The molecule has 0 spiro atoms. The van der Waals surface area contributed by atoms with Crippen molar-refractivity contribution in [3.05, 3.63) is 28.3 Å². The normalized spacial score (nSPS) is 11.1. The van der Waals surface area contributed by atoms with Gasteiger partial charge in [0.1, 0.15) is 11.4 Å². The van der Waals surface area contributed by atoms with Gasteiger partial charge in [0.25, 0.3) is 5.69 Å². The lowest BCUT2D eigenvalue weighted by Gasteiger charge is -2.27. The van der Waals surface area contributed by atoms with Crippen LogP contribution in [0.3, 0.4) is 0 Å². The number of rotatable bonds is 6. The zero-order valence-corrected chi connectivity index (χ0v) is 11.3. The minimum absolute atomic E-state index is 0.0403. The van der Waals surface area contributed by atoms with E-state index in [4.69, 9.17) is 4.74 Å². The van der Waals surface area contributed by atoms with Crippen molar-refractivity contribution >= 4 is 11.4 Å². The Morgan fingerprint density at radius 1 is 1.44 bits per heavy atom. The van der Waals surface area contributed by atoms with E-state index in [0.717, 1.165) is 12.8 Å². The number of nitro groups is 1. The molecule has 1 rings (SSSR count). The van der Waals surface area contributed by atoms with Crippen LogP contribution in [0.4, 0.5) is 11.4 Å². The molecule has 1 N–H and O–H groups in total. The molecule has 5 heteroatoms. The molecule has 1 aromatic carbocycles. The van der Waals surface area contributed by atoms with Crippen molar-refractivity contribution in [3.63, 3.8) is 0 Å². The maximum Gasteiger partial charge on any atom is 0.296 e. The lowest BCUT2D eigenvalue weighted by atomic mass is 9.98. The van der Waals surface area contributed by atoms with Gasteiger partial charge in [0.05, 0.1) is 18.1 Å². The number of hydrogen-bond acceptors (Lipinski definition) is 4. The van der Waals surface area contributed by atoms with Crippen LogP contribution in [0.5, 0.6) is 5.75 Å². The molecule has 0 aliphatic rings. The van der Waals surface area contributed by atoms with Crippen LogP contribution in [0.2, 0.25) is 0 Å². The van der Waals surface area contributed by atoms with Gasteiger partial charge in [0.2, 0.25) is 0 Å². The second-order valence-corrected chi connectivity index (χ2v) is 4.90. The van der Waals surface area contributed by atoms with Crippen molar-refractivity contribution < 1.29 is 9.66 Å². The van der Waals surface area contributed by atoms with Gasteiger partial charge in [-0.15, -0.1) is 0 Å². The van der Waals surface area contributed by atoms with Crippen LogP contribution < -0.4 is 10.1 Å². The molecule has 0 unspecified atom stereocenters. The molecule has 1 aromatic rings. The summed E-state index contributed by atoms with van der Waals surface area (Å²) in [4.78, 5) is 10.6. The Kier molecular flexibility index (Phi) is 4.53. The first-order valence-corrected chi connectivity index (χ1v) is 6.00. The lowest BCUT2D eigenvalue weighted by Crippen LogP contribution is -2.30. The number of benzene rings is 1. The number of methoxy groups -OCH3 is 1. The van der Waals surface area contributed by atoms with Crippen molar-refractivity contribution in [2.24, 2.45) is 0 Å². The minimum Gasteiger partial charge on any atom is -0.496 e. The fraction of sp³-hybridized carbons (Fsp3) is 0.538. The Balaban J connectivity index is 3.05. The number of nitrogens with one attached hydrogen (secondary N) is 1. The predicted molar refractivity (Wildman–Crippen MR) is 72.3 cm³/mol. The second kappa shape index (κ2) is 5.71. The van der Waals surface area contributed by atoms with Gasteiger partial charge in [-0.1, -0.05) is 13.3 Å². The molecule has 0 bridgehead atoms. The molecular weight excluding hydrogens is 232 g/mol. The molecule has 100 valence electrons. The molecule has 5 nitrogen and oxygen atoms in total. The molecule has 0 fully saturated rings. The third-order valence-electron chi connectivity index (χ3n) is 2.75. The fourth-order valence-corrected chi connectivity index (χ4v) is 1.95. The SMILES string of the molecule is CCCC(C)(C)Nc1ccc(OC)cc1[N+](=O)[O-]. The molecule has 0 aromatic heterocycles. The number of nitro benzene ring substituents is 1. The van der Waals surface area contributed by atoms with Gasteiger partial charge in [0, 0.05) is 5.54 Å². The molecule has 0 atom stereocenters. The largest absolute Gasteiger partial charge is 0.496 e. The molecule has 0 saturated carbocycles. The van der Waals surface area contributed by atoms with E-state index < -0.39 is 4.92 Å². The highest BCUT2D eigenvalue weighted by molar-refractivity contribution is 5.64. The topological polar surface area (TPSA) is 64.4 Å². The average molecular weight is 252 g/mol. The first-order valence-electron chi connectivity index (χ1n) is 6.00. The molecule has 0 saturated heterocycles. The monoisotopic (exact) mass is 252 g/mol. The Labute approximate surface area is 107 Å². The highest BCUT2D eigenvalue weighted by Gasteiger charge is 2.22. The molecule has 0 radical (unpaired) electrons. The number of nitrogens with zero attached hydrogens (tertiary/aromatic N) is 1. The van der Waals surface area contributed by atoms with Crippen LogP contribution in [0.1, 0.15) is 33.6 Å². The Hall–Kier alpha value is -1.78. The minimum atomic E-state index is -0.396. The van der Waals surface area contributed by atoms with Crippen molar-refractivity contribution in [1.82, 2.24) is 0 Å². The maximum atomic E-state index is 11.0. The molecule has 0 aliphatic carbocycles. The van der Waals surface area contributed by atoms with Crippen LogP contribution in [-0.2, 0) is 0 Å². The quantitative estimate of drug-likeness (QED) is 0.620. The van der Waals surface area contributed by atoms with E-state index in [0.29, 0.717) is 11.4 Å². The summed E-state index contributed by atoms with van der Waals surface area (Å²) in [5.41, 5.74) is 0.395. The first-order chi connectivity index (χ1) is 8.39. The lowest BCUT2D eigenvalue weighted by molar-refractivity contribution is -0.384. The first kappa shape index (κ1) is 14.3. The smallest absolute Gasteiger partial charge is 0.296 e. The summed E-state index contributed by atoms with van der Waals surface area (Å²) in [6.07, 6.45) is 1.96. The maximum absolute atomic E-state index is 11.0. The Bertz CT molecular complexity index is 430. The van der Waals surface area contributed by atoms with Crippen molar-refractivity contribution in [2.45, 2.75) is 39.2 Å². The van der Waals surface area contributed by atoms with E-state index >= 15 is 0 Å². The molecule has 0 amide bonds. The summed E-state index contributed by atoms with van der Waals surface area (Å²) in [5, 5.41) is 14.3. The molecule has 0 heterocycles. The number of ether oxygens (including phenoxy) is 1. The van der Waals surface area contributed by atoms with Gasteiger partial charge in [-0.05, 0) is 32.4 Å². The molecular formula is C13H20N2O3.